The van der Waals surface area contributed by atoms with Crippen LogP contribution in [0.3, 0.4) is 0 Å². The molecule has 0 radical (unpaired) electrons. The number of carbonyl (C=O) groups is 2. The third kappa shape index (κ3) is 7.13. The molecule has 52 heavy (non-hydrogen) atoms. The molecule has 1 aliphatic carbocycles. The molecule has 6 aromatic rings. The van der Waals surface area contributed by atoms with Crippen molar-refractivity contribution in [3.8, 4) is 34.2 Å². The van der Waals surface area contributed by atoms with Gasteiger partial charge in [-0.15, -0.1) is 0 Å². The second-order valence-electron chi connectivity index (χ2n) is 13.2. The number of pyridine rings is 1. The normalized spacial score (nSPS) is 12.9. The lowest BCUT2D eigenvalue weighted by Gasteiger charge is -2.18. The minimum absolute atomic E-state index is 0.0449. The van der Waals surface area contributed by atoms with Crippen molar-refractivity contribution in [2.24, 2.45) is 0 Å². The summed E-state index contributed by atoms with van der Waals surface area (Å²) in [6.45, 7) is 7.80. The summed E-state index contributed by atoms with van der Waals surface area (Å²) in [6, 6.07) is 15.5. The zero-order chi connectivity index (χ0) is 36.7. The fourth-order valence-corrected chi connectivity index (χ4v) is 5.49. The van der Waals surface area contributed by atoms with Gasteiger partial charge in [0, 0.05) is 41.0 Å². The topological polar surface area (TPSA) is 131 Å². The molecule has 3 aromatic heterocycles. The summed E-state index contributed by atoms with van der Waals surface area (Å²) in [6.07, 6.45) is 5.61. The highest BCUT2D eigenvalue weighted by Gasteiger charge is 2.27. The van der Waals surface area contributed by atoms with Crippen molar-refractivity contribution >= 4 is 28.6 Å². The van der Waals surface area contributed by atoms with Crippen molar-refractivity contribution in [3.63, 3.8) is 0 Å². The second-order valence-corrected chi connectivity index (χ2v) is 13.2. The molecular weight excluding hydrogens is 674 g/mol. The number of carbonyl (C=O) groups excluding carboxylic acids is 2. The van der Waals surface area contributed by atoms with E-state index < -0.39 is 34.8 Å². The number of ether oxygens (including phenoxy) is 3. The Labute approximate surface area is 296 Å². The predicted octanol–water partition coefficient (Wildman–Crippen LogP) is 7.72. The molecule has 7 rings (SSSR count). The summed E-state index contributed by atoms with van der Waals surface area (Å²) in [7, 11) is 0. The minimum atomic E-state index is -0.797. The molecule has 12 nitrogen and oxygen atoms in total. The molecular formula is C38H34F2N6O6. The highest BCUT2D eigenvalue weighted by molar-refractivity contribution is 6.04. The van der Waals surface area contributed by atoms with Crippen molar-refractivity contribution < 1.29 is 32.6 Å². The number of hydrogen-bond acceptors (Lipinski definition) is 8. The molecule has 3 heterocycles. The van der Waals surface area contributed by atoms with E-state index in [1.807, 2.05) is 13.0 Å². The molecule has 0 aliphatic heterocycles. The first-order valence-electron chi connectivity index (χ1n) is 16.6. The Hall–Kier alpha value is -6.31. The Morgan fingerprint density at radius 1 is 0.942 bits per heavy atom. The molecule has 1 amide bonds. The number of nitrogens with zero attached hydrogens (tertiary/aromatic N) is 5. The number of amides is 1. The van der Waals surface area contributed by atoms with Crippen LogP contribution in [0.5, 0.6) is 17.4 Å². The van der Waals surface area contributed by atoms with E-state index in [1.54, 1.807) is 37.7 Å². The number of aromatic nitrogens is 5. The quantitative estimate of drug-likeness (QED) is 0.162. The van der Waals surface area contributed by atoms with Gasteiger partial charge in [-0.2, -0.15) is 14.9 Å². The monoisotopic (exact) mass is 708 g/mol. The predicted molar refractivity (Wildman–Crippen MR) is 188 cm³/mol. The molecule has 0 saturated heterocycles. The van der Waals surface area contributed by atoms with Gasteiger partial charge < -0.3 is 19.5 Å². The molecule has 0 spiro atoms. The molecule has 0 unspecified atom stereocenters. The molecule has 1 N–H and O–H groups in total. The van der Waals surface area contributed by atoms with Crippen LogP contribution in [-0.4, -0.2) is 47.8 Å². The Morgan fingerprint density at radius 2 is 1.71 bits per heavy atom. The van der Waals surface area contributed by atoms with E-state index in [0.29, 0.717) is 23.4 Å². The van der Waals surface area contributed by atoms with Gasteiger partial charge in [0.1, 0.15) is 28.8 Å². The van der Waals surface area contributed by atoms with Crippen molar-refractivity contribution in [2.45, 2.75) is 58.8 Å². The van der Waals surface area contributed by atoms with E-state index in [2.05, 4.69) is 15.5 Å². The van der Waals surface area contributed by atoms with Gasteiger partial charge in [-0.3, -0.25) is 14.3 Å². The summed E-state index contributed by atoms with van der Waals surface area (Å²) in [5, 5.41) is 11.9. The zero-order valence-corrected chi connectivity index (χ0v) is 28.7. The largest absolute Gasteiger partial charge is 0.475 e. The zero-order valence-electron chi connectivity index (χ0n) is 28.7. The van der Waals surface area contributed by atoms with Crippen LogP contribution in [0.25, 0.3) is 27.7 Å². The number of hydrogen-bond donors (Lipinski definition) is 1. The Balaban J connectivity index is 1.16. The fraction of sp³-hybridized carbons (Fsp3) is 0.237. The lowest BCUT2D eigenvalue weighted by Crippen LogP contribution is -2.29. The van der Waals surface area contributed by atoms with Crippen LogP contribution in [0.4, 0.5) is 19.3 Å². The van der Waals surface area contributed by atoms with Gasteiger partial charge in [0.15, 0.2) is 11.6 Å². The molecule has 1 saturated carbocycles. The fourth-order valence-electron chi connectivity index (χ4n) is 5.49. The average Bonchev–Trinajstić information content (AvgIpc) is 3.60. The van der Waals surface area contributed by atoms with Gasteiger partial charge in [-0.25, -0.2) is 18.1 Å². The molecule has 1 fully saturated rings. The maximum absolute atomic E-state index is 15.7. The van der Waals surface area contributed by atoms with E-state index >= 15 is 4.39 Å². The molecule has 3 aromatic carbocycles. The van der Waals surface area contributed by atoms with E-state index in [0.717, 1.165) is 34.5 Å². The number of benzene rings is 3. The standard InChI is InChI=1S/C38H34F2N6O6/c1-5-44-31-18-29(23-20-42-45(21-23)37(49)52-38(2,3)4)33(16-22(31)19-41-44)51-32-14-8-25(17-30(32)40)43-35(47)28-13-15-34(50-27-11-12-27)46(36(28)48)26-9-6-24(39)7-10-26/h6-10,13-21,27H,5,11-12H2,1-4H3,(H,43,47). The number of halogens is 2. The highest BCUT2D eigenvalue weighted by atomic mass is 19.1. The third-order valence-corrected chi connectivity index (χ3v) is 8.11. The SMILES string of the molecule is CCn1ncc2cc(Oc3ccc(NC(=O)c4ccc(OC5CC5)n(-c5ccc(F)cc5)c4=O)cc3F)c(-c3cnn(C(=O)OC(C)(C)C)c3)cc21. The summed E-state index contributed by atoms with van der Waals surface area (Å²) < 4.78 is 50.8. The lowest BCUT2D eigenvalue weighted by molar-refractivity contribution is 0.0514. The Bertz CT molecular complexity index is 2390. The van der Waals surface area contributed by atoms with E-state index in [-0.39, 0.29) is 34.7 Å². The summed E-state index contributed by atoms with van der Waals surface area (Å²) in [4.78, 5) is 39.6. The number of anilines is 1. The van der Waals surface area contributed by atoms with Crippen LogP contribution in [-0.2, 0) is 11.3 Å². The van der Waals surface area contributed by atoms with E-state index in [9.17, 15) is 18.8 Å². The Morgan fingerprint density at radius 3 is 2.40 bits per heavy atom. The van der Waals surface area contributed by atoms with Crippen LogP contribution in [0.1, 0.15) is 50.9 Å². The van der Waals surface area contributed by atoms with Crippen LogP contribution >= 0.6 is 0 Å². The van der Waals surface area contributed by atoms with Gasteiger partial charge in [0.2, 0.25) is 5.88 Å². The van der Waals surface area contributed by atoms with E-state index in [1.165, 1.54) is 65.5 Å². The summed E-state index contributed by atoms with van der Waals surface area (Å²) in [5.41, 5.74) is 0.555. The number of aryl methyl sites for hydroxylation is 1. The summed E-state index contributed by atoms with van der Waals surface area (Å²) >= 11 is 0. The van der Waals surface area contributed by atoms with E-state index in [4.69, 9.17) is 14.2 Å². The molecule has 0 atom stereocenters. The van der Waals surface area contributed by atoms with Crippen LogP contribution in [0, 0.1) is 11.6 Å². The van der Waals surface area contributed by atoms with Crippen LogP contribution < -0.4 is 20.3 Å². The Kier molecular flexibility index (Phi) is 8.82. The third-order valence-electron chi connectivity index (χ3n) is 8.11. The van der Waals surface area contributed by atoms with Gasteiger partial charge in [-0.1, -0.05) is 0 Å². The molecule has 1 aliphatic rings. The number of fused-ring (bicyclic) bond motifs is 1. The smallest absolute Gasteiger partial charge is 0.435 e. The van der Waals surface area contributed by atoms with Crippen molar-refractivity contribution in [1.82, 2.24) is 24.1 Å². The minimum Gasteiger partial charge on any atom is -0.475 e. The second kappa shape index (κ2) is 13.4. The molecule has 0 bridgehead atoms. The summed E-state index contributed by atoms with van der Waals surface area (Å²) in [5.74, 6) is -1.73. The first-order valence-corrected chi connectivity index (χ1v) is 16.6. The van der Waals surface area contributed by atoms with Crippen molar-refractivity contribution in [2.75, 3.05) is 5.32 Å². The molecule has 14 heteroatoms. The average molecular weight is 709 g/mol. The van der Waals surface area contributed by atoms with Crippen molar-refractivity contribution in [1.29, 1.82) is 0 Å². The van der Waals surface area contributed by atoms with Gasteiger partial charge in [-0.05, 0) is 101 Å². The van der Waals surface area contributed by atoms with Crippen LogP contribution in [0.2, 0.25) is 0 Å². The van der Waals surface area contributed by atoms with Crippen LogP contribution in [0.15, 0.2) is 90.1 Å². The number of nitrogens with one attached hydrogen (secondary N) is 1. The first kappa shape index (κ1) is 34.2. The maximum atomic E-state index is 15.7. The first-order chi connectivity index (χ1) is 24.9. The van der Waals surface area contributed by atoms with Crippen molar-refractivity contribution in [3.05, 3.63) is 113 Å². The maximum Gasteiger partial charge on any atom is 0.435 e. The van der Waals surface area contributed by atoms with Gasteiger partial charge in [0.25, 0.3) is 11.5 Å². The van der Waals surface area contributed by atoms with Gasteiger partial charge >= 0.3 is 6.09 Å². The number of rotatable bonds is 9. The highest BCUT2D eigenvalue weighted by Crippen LogP contribution is 2.38. The lowest BCUT2D eigenvalue weighted by atomic mass is 10.1. The molecule has 266 valence electrons. The van der Waals surface area contributed by atoms with Gasteiger partial charge in [0.05, 0.1) is 23.6 Å².